The van der Waals surface area contributed by atoms with Gasteiger partial charge in [-0.25, -0.2) is 0 Å². The summed E-state index contributed by atoms with van der Waals surface area (Å²) in [7, 11) is 0. The van der Waals surface area contributed by atoms with Gasteiger partial charge in [0.25, 0.3) is 0 Å². The number of hydrogen-bond donors (Lipinski definition) is 1. The van der Waals surface area contributed by atoms with E-state index in [-0.39, 0.29) is 5.91 Å². The van der Waals surface area contributed by atoms with Gasteiger partial charge in [0.15, 0.2) is 0 Å². The second-order valence-corrected chi connectivity index (χ2v) is 7.33. The number of halogens is 1. The molecule has 132 valence electrons. The average Bonchev–Trinajstić information content (AvgIpc) is 2.61. The highest BCUT2D eigenvalue weighted by atomic mass is 35.5. The molecule has 1 amide bonds. The molecular formula is C21H25ClN2O. The second kappa shape index (κ2) is 8.50. The molecule has 0 aromatic heterocycles. The number of aryl methyl sites for hydroxylation is 1. The predicted octanol–water partition coefficient (Wildman–Crippen LogP) is 4.54. The van der Waals surface area contributed by atoms with Crippen LogP contribution in [0.15, 0.2) is 48.5 Å². The van der Waals surface area contributed by atoms with Gasteiger partial charge in [-0.3, -0.25) is 9.69 Å². The van der Waals surface area contributed by atoms with Gasteiger partial charge in [-0.2, -0.15) is 0 Å². The standard InChI is InChI=1S/C21H25ClN2O/c1-16-7-8-19(14-20(16)22)23-21(25)15-24-11-9-18(10-12-24)13-17-5-3-2-4-6-17/h2-8,14,18H,9-13,15H2,1H3,(H,23,25). The Morgan fingerprint density at radius 1 is 1.16 bits per heavy atom. The summed E-state index contributed by atoms with van der Waals surface area (Å²) in [6.07, 6.45) is 3.44. The van der Waals surface area contributed by atoms with E-state index in [4.69, 9.17) is 11.6 Å². The van der Waals surface area contributed by atoms with Crippen LogP contribution in [0.3, 0.4) is 0 Å². The van der Waals surface area contributed by atoms with Crippen molar-refractivity contribution >= 4 is 23.2 Å². The van der Waals surface area contributed by atoms with Crippen LogP contribution < -0.4 is 5.32 Å². The first-order chi connectivity index (χ1) is 12.1. The Kier molecular flexibility index (Phi) is 6.11. The van der Waals surface area contributed by atoms with Crippen molar-refractivity contribution in [3.63, 3.8) is 0 Å². The zero-order valence-corrected chi connectivity index (χ0v) is 15.4. The minimum Gasteiger partial charge on any atom is -0.325 e. The fraction of sp³-hybridized carbons (Fsp3) is 0.381. The number of nitrogens with zero attached hydrogens (tertiary/aromatic N) is 1. The van der Waals surface area contributed by atoms with Crippen LogP contribution in [-0.2, 0) is 11.2 Å². The number of likely N-dealkylation sites (tertiary alicyclic amines) is 1. The molecule has 0 aliphatic carbocycles. The first-order valence-corrected chi connectivity index (χ1v) is 9.30. The van der Waals surface area contributed by atoms with Crippen molar-refractivity contribution in [3.8, 4) is 0 Å². The van der Waals surface area contributed by atoms with E-state index in [9.17, 15) is 4.79 Å². The van der Waals surface area contributed by atoms with Crippen molar-refractivity contribution in [2.24, 2.45) is 5.92 Å². The van der Waals surface area contributed by atoms with Gasteiger partial charge in [0.05, 0.1) is 6.54 Å². The number of carbonyl (C=O) groups is 1. The van der Waals surface area contributed by atoms with Crippen molar-refractivity contribution in [2.45, 2.75) is 26.2 Å². The maximum absolute atomic E-state index is 12.3. The lowest BCUT2D eigenvalue weighted by Gasteiger charge is -2.31. The van der Waals surface area contributed by atoms with Gasteiger partial charge in [0.2, 0.25) is 5.91 Å². The molecule has 0 saturated carbocycles. The Morgan fingerprint density at radius 2 is 1.88 bits per heavy atom. The molecule has 25 heavy (non-hydrogen) atoms. The summed E-state index contributed by atoms with van der Waals surface area (Å²) in [5.74, 6) is 0.749. The molecule has 1 saturated heterocycles. The quantitative estimate of drug-likeness (QED) is 0.852. The first-order valence-electron chi connectivity index (χ1n) is 8.92. The molecule has 0 unspecified atom stereocenters. The van der Waals surface area contributed by atoms with Crippen LogP contribution in [0.5, 0.6) is 0 Å². The van der Waals surface area contributed by atoms with Crippen LogP contribution in [0.25, 0.3) is 0 Å². The maximum atomic E-state index is 12.3. The summed E-state index contributed by atoms with van der Waals surface area (Å²) < 4.78 is 0. The van der Waals surface area contributed by atoms with Gasteiger partial charge in [-0.15, -0.1) is 0 Å². The minimum atomic E-state index is 0.0291. The third-order valence-electron chi connectivity index (χ3n) is 4.90. The molecule has 0 spiro atoms. The highest BCUT2D eigenvalue weighted by Gasteiger charge is 2.21. The minimum absolute atomic E-state index is 0.0291. The molecule has 1 fully saturated rings. The predicted molar refractivity (Wildman–Crippen MR) is 104 cm³/mol. The van der Waals surface area contributed by atoms with Crippen LogP contribution in [0, 0.1) is 12.8 Å². The Bertz CT molecular complexity index is 709. The first kappa shape index (κ1) is 18.0. The zero-order valence-electron chi connectivity index (χ0n) is 14.7. The average molecular weight is 357 g/mol. The van der Waals surface area contributed by atoms with Crippen LogP contribution in [0.4, 0.5) is 5.69 Å². The van der Waals surface area contributed by atoms with E-state index in [1.807, 2.05) is 19.1 Å². The molecule has 1 aliphatic heterocycles. The normalized spacial score (nSPS) is 15.9. The van der Waals surface area contributed by atoms with Crippen LogP contribution in [-0.4, -0.2) is 30.4 Å². The number of rotatable bonds is 5. The zero-order chi connectivity index (χ0) is 17.6. The third-order valence-corrected chi connectivity index (χ3v) is 5.30. The molecule has 1 N–H and O–H groups in total. The van der Waals surface area contributed by atoms with E-state index >= 15 is 0 Å². The van der Waals surface area contributed by atoms with Crippen molar-refractivity contribution in [1.82, 2.24) is 4.90 Å². The molecule has 2 aromatic rings. The highest BCUT2D eigenvalue weighted by Crippen LogP contribution is 2.22. The molecule has 4 heteroatoms. The van der Waals surface area contributed by atoms with Gasteiger partial charge in [-0.05, 0) is 68.5 Å². The fourth-order valence-corrected chi connectivity index (χ4v) is 3.55. The smallest absolute Gasteiger partial charge is 0.238 e. The molecular weight excluding hydrogens is 332 g/mol. The van der Waals surface area contributed by atoms with Gasteiger partial charge in [0.1, 0.15) is 0 Å². The molecule has 1 heterocycles. The number of piperidine rings is 1. The summed E-state index contributed by atoms with van der Waals surface area (Å²) in [4.78, 5) is 14.5. The lowest BCUT2D eigenvalue weighted by Crippen LogP contribution is -2.39. The SMILES string of the molecule is Cc1ccc(NC(=O)CN2CCC(Cc3ccccc3)CC2)cc1Cl. The van der Waals surface area contributed by atoms with Gasteiger partial charge >= 0.3 is 0 Å². The Hall–Kier alpha value is -1.84. The molecule has 0 bridgehead atoms. The van der Waals surface area contributed by atoms with Gasteiger partial charge < -0.3 is 5.32 Å². The summed E-state index contributed by atoms with van der Waals surface area (Å²) in [6, 6.07) is 16.3. The summed E-state index contributed by atoms with van der Waals surface area (Å²) in [5.41, 5.74) is 3.19. The molecule has 1 aliphatic rings. The van der Waals surface area contributed by atoms with Gasteiger partial charge in [-0.1, -0.05) is 48.0 Å². The summed E-state index contributed by atoms with van der Waals surface area (Å²) >= 11 is 6.11. The molecule has 2 aromatic carbocycles. The monoisotopic (exact) mass is 356 g/mol. The summed E-state index contributed by atoms with van der Waals surface area (Å²) in [6.45, 7) is 4.37. The lowest BCUT2D eigenvalue weighted by molar-refractivity contribution is -0.117. The van der Waals surface area contributed by atoms with Crippen molar-refractivity contribution < 1.29 is 4.79 Å². The molecule has 0 atom stereocenters. The topological polar surface area (TPSA) is 32.3 Å². The Morgan fingerprint density at radius 3 is 2.56 bits per heavy atom. The van der Waals surface area contributed by atoms with Crippen LogP contribution in [0.1, 0.15) is 24.0 Å². The van der Waals surface area contributed by atoms with Crippen molar-refractivity contribution in [2.75, 3.05) is 25.0 Å². The molecule has 3 rings (SSSR count). The van der Waals surface area contributed by atoms with E-state index in [1.54, 1.807) is 6.07 Å². The molecule has 3 nitrogen and oxygen atoms in total. The third kappa shape index (κ3) is 5.32. The number of benzene rings is 2. The largest absolute Gasteiger partial charge is 0.325 e. The van der Waals surface area contributed by atoms with Crippen LogP contribution in [0.2, 0.25) is 5.02 Å². The highest BCUT2D eigenvalue weighted by molar-refractivity contribution is 6.31. The van der Waals surface area contributed by atoms with E-state index in [2.05, 4.69) is 40.5 Å². The summed E-state index contributed by atoms with van der Waals surface area (Å²) in [5, 5.41) is 3.62. The van der Waals surface area contributed by atoms with Crippen molar-refractivity contribution in [3.05, 3.63) is 64.7 Å². The van der Waals surface area contributed by atoms with E-state index in [1.165, 1.54) is 5.56 Å². The number of amides is 1. The van der Waals surface area contributed by atoms with E-state index < -0.39 is 0 Å². The van der Waals surface area contributed by atoms with E-state index in [0.717, 1.165) is 49.5 Å². The maximum Gasteiger partial charge on any atom is 0.238 e. The number of anilines is 1. The lowest BCUT2D eigenvalue weighted by atomic mass is 9.90. The fourth-order valence-electron chi connectivity index (χ4n) is 3.37. The second-order valence-electron chi connectivity index (χ2n) is 6.92. The number of hydrogen-bond acceptors (Lipinski definition) is 2. The number of carbonyl (C=O) groups excluding carboxylic acids is 1. The molecule has 0 radical (unpaired) electrons. The van der Waals surface area contributed by atoms with Gasteiger partial charge in [0, 0.05) is 10.7 Å². The van der Waals surface area contributed by atoms with Crippen molar-refractivity contribution in [1.29, 1.82) is 0 Å². The van der Waals surface area contributed by atoms with Crippen LogP contribution >= 0.6 is 11.6 Å². The Balaban J connectivity index is 1.43. The number of nitrogens with one attached hydrogen (secondary N) is 1. The Labute approximate surface area is 155 Å². The van der Waals surface area contributed by atoms with E-state index in [0.29, 0.717) is 11.6 Å².